The maximum absolute atomic E-state index is 12.5. The van der Waals surface area contributed by atoms with Gasteiger partial charge in [0.15, 0.2) is 5.76 Å². The molecule has 7 heteroatoms. The van der Waals surface area contributed by atoms with Gasteiger partial charge >= 0.3 is 6.18 Å². The molecule has 2 heterocycles. The van der Waals surface area contributed by atoms with Crippen molar-refractivity contribution in [3.05, 3.63) is 54.3 Å². The van der Waals surface area contributed by atoms with Crippen LogP contribution >= 0.6 is 0 Å². The van der Waals surface area contributed by atoms with E-state index in [1.54, 1.807) is 18.2 Å². The zero-order valence-corrected chi connectivity index (χ0v) is 10.6. The first-order valence-corrected chi connectivity index (χ1v) is 6.02. The number of anilines is 1. The summed E-state index contributed by atoms with van der Waals surface area (Å²) in [4.78, 5) is 0. The highest BCUT2D eigenvalue weighted by atomic mass is 19.4. The number of nitrogens with two attached hydrogens (primary N) is 1. The highest BCUT2D eigenvalue weighted by Gasteiger charge is 2.30. The van der Waals surface area contributed by atoms with Crippen LogP contribution in [-0.2, 0) is 6.18 Å². The van der Waals surface area contributed by atoms with Crippen molar-refractivity contribution in [3.8, 4) is 17.1 Å². The van der Waals surface area contributed by atoms with Crippen LogP contribution in [0.4, 0.5) is 19.0 Å². The Morgan fingerprint density at radius 2 is 1.81 bits per heavy atom. The summed E-state index contributed by atoms with van der Waals surface area (Å²) in [5.74, 6) is 0.841. The van der Waals surface area contributed by atoms with Gasteiger partial charge in [-0.3, -0.25) is 0 Å². The van der Waals surface area contributed by atoms with Crippen molar-refractivity contribution in [2.24, 2.45) is 0 Å². The van der Waals surface area contributed by atoms with Crippen LogP contribution in [0.3, 0.4) is 0 Å². The van der Waals surface area contributed by atoms with Gasteiger partial charge in [-0.2, -0.15) is 18.3 Å². The molecule has 0 saturated carbocycles. The van der Waals surface area contributed by atoms with Gasteiger partial charge in [-0.1, -0.05) is 0 Å². The summed E-state index contributed by atoms with van der Waals surface area (Å²) < 4.78 is 44.2. The molecule has 0 bridgehead atoms. The smallest absolute Gasteiger partial charge is 0.416 e. The molecule has 0 amide bonds. The van der Waals surface area contributed by atoms with Gasteiger partial charge in [0, 0.05) is 6.07 Å². The van der Waals surface area contributed by atoms with Crippen LogP contribution in [0.5, 0.6) is 0 Å². The Balaban J connectivity index is 1.97. The van der Waals surface area contributed by atoms with Gasteiger partial charge in [0.1, 0.15) is 11.5 Å². The third kappa shape index (κ3) is 2.49. The fourth-order valence-corrected chi connectivity index (χ4v) is 1.94. The Morgan fingerprint density at radius 1 is 1.10 bits per heavy atom. The average Bonchev–Trinajstić information content (AvgIpc) is 3.07. The minimum absolute atomic E-state index is 0.307. The first-order chi connectivity index (χ1) is 9.95. The predicted molar refractivity (Wildman–Crippen MR) is 70.7 cm³/mol. The molecule has 2 N–H and O–H groups in total. The lowest BCUT2D eigenvalue weighted by atomic mass is 10.2. The van der Waals surface area contributed by atoms with Crippen LogP contribution < -0.4 is 5.73 Å². The number of alkyl halides is 3. The molecule has 3 rings (SSSR count). The largest absolute Gasteiger partial charge is 0.463 e. The van der Waals surface area contributed by atoms with E-state index in [1.807, 2.05) is 0 Å². The third-order valence-electron chi connectivity index (χ3n) is 2.95. The van der Waals surface area contributed by atoms with E-state index in [0.29, 0.717) is 23.0 Å². The molecule has 0 aliphatic carbocycles. The van der Waals surface area contributed by atoms with Crippen molar-refractivity contribution in [1.82, 2.24) is 9.78 Å². The molecule has 108 valence electrons. The van der Waals surface area contributed by atoms with Gasteiger partial charge in [0.2, 0.25) is 0 Å². The number of hydrogen-bond donors (Lipinski definition) is 1. The first-order valence-electron chi connectivity index (χ1n) is 6.02. The summed E-state index contributed by atoms with van der Waals surface area (Å²) in [5, 5.41) is 4.23. The van der Waals surface area contributed by atoms with Crippen molar-refractivity contribution in [3.63, 3.8) is 0 Å². The topological polar surface area (TPSA) is 57.0 Å². The molecule has 4 nitrogen and oxygen atoms in total. The van der Waals surface area contributed by atoms with Crippen LogP contribution in [0.25, 0.3) is 17.1 Å². The van der Waals surface area contributed by atoms with E-state index in [9.17, 15) is 13.2 Å². The first kappa shape index (κ1) is 13.3. The van der Waals surface area contributed by atoms with E-state index >= 15 is 0 Å². The van der Waals surface area contributed by atoms with Gasteiger partial charge in [-0.05, 0) is 36.4 Å². The molecule has 0 saturated heterocycles. The van der Waals surface area contributed by atoms with Gasteiger partial charge in [-0.15, -0.1) is 0 Å². The molecule has 0 radical (unpaired) electrons. The molecule has 0 aliphatic rings. The molecular formula is C14H10F3N3O. The summed E-state index contributed by atoms with van der Waals surface area (Å²) in [7, 11) is 0. The Bertz CT molecular complexity index is 743. The Labute approximate surface area is 117 Å². The van der Waals surface area contributed by atoms with Crippen molar-refractivity contribution >= 4 is 5.82 Å². The summed E-state index contributed by atoms with van der Waals surface area (Å²) in [6, 6.07) is 9.64. The lowest BCUT2D eigenvalue weighted by Crippen LogP contribution is -2.06. The fraction of sp³-hybridized carbons (Fsp3) is 0.0714. The number of halogens is 3. The summed E-state index contributed by atoms with van der Waals surface area (Å²) >= 11 is 0. The lowest BCUT2D eigenvalue weighted by Gasteiger charge is -2.08. The van der Waals surface area contributed by atoms with Crippen LogP contribution in [0.2, 0.25) is 0 Å². The zero-order valence-electron chi connectivity index (χ0n) is 10.6. The number of hydrogen-bond acceptors (Lipinski definition) is 3. The van der Waals surface area contributed by atoms with E-state index in [-0.39, 0.29) is 0 Å². The second kappa shape index (κ2) is 4.69. The van der Waals surface area contributed by atoms with Gasteiger partial charge in [0.05, 0.1) is 17.5 Å². The lowest BCUT2D eigenvalue weighted by molar-refractivity contribution is -0.137. The Kier molecular flexibility index (Phi) is 2.97. The number of nitrogen functional groups attached to an aromatic ring is 1. The van der Waals surface area contributed by atoms with Crippen LogP contribution in [0.15, 0.2) is 53.1 Å². The number of furan rings is 1. The third-order valence-corrected chi connectivity index (χ3v) is 2.95. The van der Waals surface area contributed by atoms with E-state index < -0.39 is 11.7 Å². The van der Waals surface area contributed by atoms with E-state index in [0.717, 1.165) is 12.1 Å². The highest BCUT2D eigenvalue weighted by molar-refractivity contribution is 5.58. The monoisotopic (exact) mass is 293 g/mol. The Hall–Kier alpha value is -2.70. The maximum atomic E-state index is 12.5. The molecule has 0 spiro atoms. The summed E-state index contributed by atoms with van der Waals surface area (Å²) in [5.41, 5.74) is 6.08. The number of rotatable bonds is 2. The Morgan fingerprint density at radius 3 is 2.38 bits per heavy atom. The van der Waals surface area contributed by atoms with E-state index in [4.69, 9.17) is 10.2 Å². The zero-order chi connectivity index (χ0) is 15.0. The molecule has 21 heavy (non-hydrogen) atoms. The van der Waals surface area contributed by atoms with Crippen LogP contribution in [-0.4, -0.2) is 9.78 Å². The van der Waals surface area contributed by atoms with Gasteiger partial charge in [0.25, 0.3) is 0 Å². The second-order valence-corrected chi connectivity index (χ2v) is 4.39. The molecule has 0 unspecified atom stereocenters. The van der Waals surface area contributed by atoms with Crippen molar-refractivity contribution in [1.29, 1.82) is 0 Å². The predicted octanol–water partition coefficient (Wildman–Crippen LogP) is 3.73. The fourth-order valence-electron chi connectivity index (χ4n) is 1.94. The summed E-state index contributed by atoms with van der Waals surface area (Å²) in [6.07, 6.45) is -2.86. The highest BCUT2D eigenvalue weighted by Crippen LogP contribution is 2.30. The minimum Gasteiger partial charge on any atom is -0.463 e. The molecule has 0 atom stereocenters. The molecule has 0 aliphatic heterocycles. The van der Waals surface area contributed by atoms with E-state index in [1.165, 1.54) is 23.1 Å². The standard InChI is InChI=1S/C14H10F3N3O/c15-14(16,17)9-3-5-10(6-4-9)20-13(18)8-11(19-20)12-2-1-7-21-12/h1-8H,18H2. The van der Waals surface area contributed by atoms with Gasteiger partial charge < -0.3 is 10.2 Å². The van der Waals surface area contributed by atoms with Gasteiger partial charge in [-0.25, -0.2) is 4.68 Å². The SMILES string of the molecule is Nc1cc(-c2ccco2)nn1-c1ccc(C(F)(F)F)cc1. The molecule has 2 aromatic heterocycles. The number of benzene rings is 1. The average molecular weight is 293 g/mol. The number of aromatic nitrogens is 2. The molecule has 1 aromatic carbocycles. The number of nitrogens with zero attached hydrogens (tertiary/aromatic N) is 2. The maximum Gasteiger partial charge on any atom is 0.416 e. The second-order valence-electron chi connectivity index (χ2n) is 4.39. The van der Waals surface area contributed by atoms with E-state index in [2.05, 4.69) is 5.10 Å². The van der Waals surface area contributed by atoms with Crippen LogP contribution in [0, 0.1) is 0 Å². The quantitative estimate of drug-likeness (QED) is 0.783. The summed E-state index contributed by atoms with van der Waals surface area (Å²) in [6.45, 7) is 0. The van der Waals surface area contributed by atoms with Crippen molar-refractivity contribution in [2.75, 3.05) is 5.73 Å². The molecular weight excluding hydrogens is 283 g/mol. The molecule has 3 aromatic rings. The van der Waals surface area contributed by atoms with Crippen LogP contribution in [0.1, 0.15) is 5.56 Å². The minimum atomic E-state index is -4.37. The van der Waals surface area contributed by atoms with Crippen molar-refractivity contribution in [2.45, 2.75) is 6.18 Å². The van der Waals surface area contributed by atoms with Crippen molar-refractivity contribution < 1.29 is 17.6 Å². The normalized spacial score (nSPS) is 11.8. The molecule has 0 fully saturated rings.